The zero-order valence-electron chi connectivity index (χ0n) is 6.68. The van der Waals surface area contributed by atoms with E-state index in [1.165, 1.54) is 0 Å². The van der Waals surface area contributed by atoms with Crippen LogP contribution >= 0.6 is 0 Å². The van der Waals surface area contributed by atoms with Crippen molar-refractivity contribution in [3.8, 4) is 0 Å². The summed E-state index contributed by atoms with van der Waals surface area (Å²) in [6, 6.07) is 0. The molecule has 0 radical (unpaired) electrons. The first-order chi connectivity index (χ1) is 3.81. The Kier molecular flexibility index (Phi) is 2.22. The van der Waals surface area contributed by atoms with Gasteiger partial charge in [0.05, 0.1) is 21.1 Å². The van der Waals surface area contributed by atoms with Gasteiger partial charge in [0.25, 0.3) is 0 Å². The van der Waals surface area contributed by atoms with E-state index < -0.39 is 5.66 Å². The van der Waals surface area contributed by atoms with Gasteiger partial charge < -0.3 is 9.59 Å². The van der Waals surface area contributed by atoms with Crippen LogP contribution in [0.15, 0.2) is 0 Å². The monoisotopic (exact) mass is 133 g/mol. The van der Waals surface area contributed by atoms with Gasteiger partial charge in [0.15, 0.2) is 5.66 Å². The predicted molar refractivity (Wildman–Crippen MR) is 37.7 cm³/mol. The van der Waals surface area contributed by atoms with Gasteiger partial charge in [-0.15, -0.1) is 0 Å². The zero-order chi connectivity index (χ0) is 7.71. The number of likely N-dealkylation sites (N-methyl/N-ethyl adjacent to an activating group) is 1. The van der Waals surface area contributed by atoms with Crippen LogP contribution in [0.3, 0.4) is 0 Å². The molecule has 1 atom stereocenters. The SMILES string of the molecule is CC(N)(CO)[N+](C)(C)C. The Morgan fingerprint density at radius 1 is 1.44 bits per heavy atom. The second kappa shape index (κ2) is 2.25. The second-order valence-corrected chi connectivity index (χ2v) is 3.53. The molecule has 0 heterocycles. The van der Waals surface area contributed by atoms with Crippen LogP contribution in [0.4, 0.5) is 0 Å². The summed E-state index contributed by atoms with van der Waals surface area (Å²) in [5, 5.41) is 8.79. The van der Waals surface area contributed by atoms with Gasteiger partial charge in [0, 0.05) is 6.92 Å². The maximum absolute atomic E-state index is 8.79. The molecule has 0 saturated carbocycles. The smallest absolute Gasteiger partial charge is 0.170 e. The fourth-order valence-corrected chi connectivity index (χ4v) is 0.212. The van der Waals surface area contributed by atoms with Crippen LogP contribution in [0, 0.1) is 0 Å². The van der Waals surface area contributed by atoms with E-state index in [0.717, 1.165) is 0 Å². The van der Waals surface area contributed by atoms with Gasteiger partial charge in [-0.3, -0.25) is 5.73 Å². The van der Waals surface area contributed by atoms with E-state index in [1.54, 1.807) is 0 Å². The molecule has 0 aliphatic rings. The summed E-state index contributed by atoms with van der Waals surface area (Å²) < 4.78 is 0.573. The molecule has 0 fully saturated rings. The van der Waals surface area contributed by atoms with Crippen molar-refractivity contribution < 1.29 is 9.59 Å². The number of nitrogens with two attached hydrogens (primary N) is 1. The molecule has 3 N–H and O–H groups in total. The standard InChI is InChI=1S/C6H17N2O/c1-6(7,5-9)8(2,3)4/h9H,5,7H2,1-4H3/q+1. The van der Waals surface area contributed by atoms with Crippen molar-refractivity contribution in [1.82, 2.24) is 0 Å². The van der Waals surface area contributed by atoms with Crippen molar-refractivity contribution in [2.45, 2.75) is 12.6 Å². The van der Waals surface area contributed by atoms with Crippen LogP contribution in [-0.2, 0) is 0 Å². The highest BCUT2D eigenvalue weighted by Gasteiger charge is 2.32. The number of hydrogen-bond donors (Lipinski definition) is 2. The van der Waals surface area contributed by atoms with Crippen molar-refractivity contribution in [1.29, 1.82) is 0 Å². The molecule has 0 rings (SSSR count). The molecule has 0 aliphatic carbocycles. The highest BCUT2D eigenvalue weighted by molar-refractivity contribution is 4.62. The van der Waals surface area contributed by atoms with Crippen molar-refractivity contribution >= 4 is 0 Å². The first-order valence-electron chi connectivity index (χ1n) is 3.02. The Morgan fingerprint density at radius 3 is 1.78 bits per heavy atom. The molecular weight excluding hydrogens is 116 g/mol. The van der Waals surface area contributed by atoms with Gasteiger partial charge >= 0.3 is 0 Å². The first-order valence-corrected chi connectivity index (χ1v) is 3.02. The van der Waals surface area contributed by atoms with E-state index in [2.05, 4.69) is 0 Å². The van der Waals surface area contributed by atoms with Gasteiger partial charge in [-0.1, -0.05) is 0 Å². The van der Waals surface area contributed by atoms with Crippen molar-refractivity contribution in [3.63, 3.8) is 0 Å². The lowest BCUT2D eigenvalue weighted by molar-refractivity contribution is -0.922. The number of hydrogen-bond acceptors (Lipinski definition) is 2. The van der Waals surface area contributed by atoms with Crippen LogP contribution in [0.1, 0.15) is 6.92 Å². The van der Waals surface area contributed by atoms with Gasteiger partial charge in [-0.2, -0.15) is 0 Å². The van der Waals surface area contributed by atoms with Crippen LogP contribution in [-0.4, -0.2) is 43.0 Å². The van der Waals surface area contributed by atoms with E-state index in [9.17, 15) is 0 Å². The van der Waals surface area contributed by atoms with E-state index in [4.69, 9.17) is 10.8 Å². The molecule has 3 nitrogen and oxygen atoms in total. The molecule has 0 bridgehead atoms. The molecule has 3 heteroatoms. The zero-order valence-corrected chi connectivity index (χ0v) is 6.68. The molecule has 0 aliphatic heterocycles. The fourth-order valence-electron chi connectivity index (χ4n) is 0.212. The lowest BCUT2D eigenvalue weighted by atomic mass is 10.2. The number of aliphatic hydroxyl groups excluding tert-OH is 1. The first kappa shape index (κ1) is 8.88. The van der Waals surface area contributed by atoms with Gasteiger partial charge in [0.1, 0.15) is 6.61 Å². The molecule has 0 aromatic rings. The fraction of sp³-hybridized carbons (Fsp3) is 1.00. The molecule has 0 aromatic heterocycles. The third-order valence-corrected chi connectivity index (χ3v) is 1.85. The average molecular weight is 133 g/mol. The van der Waals surface area contributed by atoms with Crippen LogP contribution < -0.4 is 5.73 Å². The number of rotatable bonds is 2. The molecule has 0 spiro atoms. The van der Waals surface area contributed by atoms with Gasteiger partial charge in [-0.05, 0) is 0 Å². The van der Waals surface area contributed by atoms with Crippen LogP contribution in [0.5, 0.6) is 0 Å². The van der Waals surface area contributed by atoms with E-state index in [1.807, 2.05) is 28.1 Å². The van der Waals surface area contributed by atoms with Crippen LogP contribution in [0.25, 0.3) is 0 Å². The molecule has 9 heavy (non-hydrogen) atoms. The molecule has 0 saturated heterocycles. The second-order valence-electron chi connectivity index (χ2n) is 3.53. The summed E-state index contributed by atoms with van der Waals surface area (Å²) in [7, 11) is 5.86. The van der Waals surface area contributed by atoms with E-state index >= 15 is 0 Å². The largest absolute Gasteiger partial charge is 0.388 e. The van der Waals surface area contributed by atoms with Crippen molar-refractivity contribution in [2.75, 3.05) is 27.7 Å². The topological polar surface area (TPSA) is 46.2 Å². The Balaban J connectivity index is 4.14. The maximum Gasteiger partial charge on any atom is 0.170 e. The average Bonchev–Trinajstić information content (AvgIpc) is 1.64. The normalized spacial score (nSPS) is 19.3. The van der Waals surface area contributed by atoms with Crippen LogP contribution in [0.2, 0.25) is 0 Å². The van der Waals surface area contributed by atoms with Crippen molar-refractivity contribution in [2.24, 2.45) is 5.73 Å². The Bertz CT molecular complexity index is 93.7. The molecule has 1 unspecified atom stereocenters. The van der Waals surface area contributed by atoms with Crippen molar-refractivity contribution in [3.05, 3.63) is 0 Å². The summed E-state index contributed by atoms with van der Waals surface area (Å²) in [6.07, 6.45) is 0. The summed E-state index contributed by atoms with van der Waals surface area (Å²) >= 11 is 0. The molecule has 56 valence electrons. The number of aliphatic hydroxyl groups is 1. The van der Waals surface area contributed by atoms with E-state index in [0.29, 0.717) is 4.48 Å². The number of quaternary nitrogens is 1. The lowest BCUT2D eigenvalue weighted by Crippen LogP contribution is -2.63. The quantitative estimate of drug-likeness (QED) is 0.389. The molecular formula is C6H17N2O+. The van der Waals surface area contributed by atoms with Gasteiger partial charge in [0.2, 0.25) is 0 Å². The summed E-state index contributed by atoms with van der Waals surface area (Å²) in [5.74, 6) is 0. The Hall–Kier alpha value is -0.120. The third-order valence-electron chi connectivity index (χ3n) is 1.85. The highest BCUT2D eigenvalue weighted by Crippen LogP contribution is 2.08. The minimum atomic E-state index is -0.528. The number of nitrogens with zero attached hydrogens (tertiary/aromatic N) is 1. The molecule has 0 aromatic carbocycles. The predicted octanol–water partition coefficient (Wildman–Crippen LogP) is -0.640. The lowest BCUT2D eigenvalue weighted by Gasteiger charge is -2.39. The highest BCUT2D eigenvalue weighted by atomic mass is 16.3. The maximum atomic E-state index is 8.79. The minimum absolute atomic E-state index is 0.0104. The minimum Gasteiger partial charge on any atom is -0.388 e. The summed E-state index contributed by atoms with van der Waals surface area (Å²) in [4.78, 5) is 0. The van der Waals surface area contributed by atoms with Gasteiger partial charge in [-0.25, -0.2) is 0 Å². The third kappa shape index (κ3) is 1.93. The summed E-state index contributed by atoms with van der Waals surface area (Å²) in [5.41, 5.74) is 5.19. The van der Waals surface area contributed by atoms with E-state index in [-0.39, 0.29) is 6.61 Å². The Morgan fingerprint density at radius 2 is 1.78 bits per heavy atom. The Labute approximate surface area is 56.7 Å². The molecule has 0 amide bonds. The summed E-state index contributed by atoms with van der Waals surface area (Å²) in [6.45, 7) is 1.84.